The van der Waals surface area contributed by atoms with Crippen LogP contribution < -0.4 is 16.3 Å². The van der Waals surface area contributed by atoms with Crippen LogP contribution in [0.5, 0.6) is 0 Å². The molecule has 15 unspecified atom stereocenters. The van der Waals surface area contributed by atoms with E-state index >= 15 is 0 Å². The van der Waals surface area contributed by atoms with Crippen LogP contribution in [-0.2, 0) is 131 Å². The van der Waals surface area contributed by atoms with Gasteiger partial charge in [0.2, 0.25) is 7.29 Å². The fourth-order valence-electron chi connectivity index (χ4n) is 18.1. The number of nitrogens with two attached hydrogens (primary N) is 1. The predicted molar refractivity (Wildman–Crippen MR) is 360 cm³/mol. The summed E-state index contributed by atoms with van der Waals surface area (Å²) in [6.07, 6.45) is 28.1. The van der Waals surface area contributed by atoms with E-state index in [1.54, 1.807) is 48.5 Å². The number of allylic oxidation sites excluding steroid dienone is 6. The zero-order chi connectivity index (χ0) is 61.6. The number of nitrogens with zero attached hydrogens (tertiary/aromatic N) is 6. The fourth-order valence-corrected chi connectivity index (χ4v) is 19.8. The number of carbonyl (C=O) groups excluding carboxylic acids is 3. The Morgan fingerprint density at radius 2 is 0.910 bits per heavy atom. The molecule has 15 nitrogen and oxygen atoms in total. The van der Waals surface area contributed by atoms with Gasteiger partial charge in [-0.05, 0) is 109 Å². The van der Waals surface area contributed by atoms with Crippen LogP contribution >= 0.6 is 75.1 Å². The van der Waals surface area contributed by atoms with Crippen LogP contribution in [0.25, 0.3) is 20.9 Å². The number of hydrogen-bond acceptors (Lipinski definition) is 10. The number of rotatable bonds is 4. The van der Waals surface area contributed by atoms with Crippen molar-refractivity contribution in [1.29, 1.82) is 0 Å². The van der Waals surface area contributed by atoms with Crippen LogP contribution in [0.4, 0.5) is 0 Å². The van der Waals surface area contributed by atoms with E-state index in [9.17, 15) is 24.1 Å². The second-order valence-corrected chi connectivity index (χ2v) is 41.2. The summed E-state index contributed by atoms with van der Waals surface area (Å²) >= 11 is 6.95. The Kier molecular flexibility index (Phi) is 27.1. The van der Waals surface area contributed by atoms with E-state index in [1.165, 1.54) is 29.6 Å². The van der Waals surface area contributed by atoms with Gasteiger partial charge in [0.15, 0.2) is 0 Å². The largest absolute Gasteiger partial charge is 0.431 e. The summed E-state index contributed by atoms with van der Waals surface area (Å²) in [4.78, 5) is 47.1. The molecule has 14 rings (SSSR count). The third-order valence-corrected chi connectivity index (χ3v) is 25.6. The number of alkyl halides is 3. The normalized spacial score (nSPS) is 37.4. The van der Waals surface area contributed by atoms with Gasteiger partial charge in [0.25, 0.3) is 0 Å². The average molecular weight is 1800 g/mol. The summed E-state index contributed by atoms with van der Waals surface area (Å²) < 4.78 is 31.2. The van der Waals surface area contributed by atoms with Gasteiger partial charge in [-0.3, -0.25) is 14.4 Å². The first-order valence-electron chi connectivity index (χ1n) is 31.4. The van der Waals surface area contributed by atoms with Gasteiger partial charge in [-0.15, -0.1) is 16.2 Å². The minimum absolute atomic E-state index is 0. The minimum Gasteiger partial charge on any atom is -0.431 e. The SMILES string of the molecule is CC12[CH-]CCC1=C1OC(=O)C3CC(N)CCC3(C)C1CC2.CC12[CH-]CCC1=C1OC(=O)C3CC(N=[N+]=[N-])CCC3(C)C1CC2.CC12[CH-]CCC1=C1OC(=O)C3CC(O)CCC3(C)C1CC2.IC(I)I.[N-]=[N+]=NP(=O)(c1ccccc1)c1ccccc1.[Y].[Y].[Y]. The van der Waals surface area contributed by atoms with Crippen LogP contribution in [0, 0.1) is 87.3 Å². The maximum Gasteiger partial charge on any atom is 0.314 e. The molecule has 3 heterocycles. The Hall–Kier alpha value is 0.342. The predicted octanol–water partition coefficient (Wildman–Crippen LogP) is 17.2. The zero-order valence-corrected chi connectivity index (χ0v) is 68.4. The maximum absolute atomic E-state index is 12.8. The number of aliphatic hydroxyl groups excluding tert-OH is 1. The van der Waals surface area contributed by atoms with Crippen LogP contribution in [-0.4, -0.2) is 41.1 Å². The minimum atomic E-state index is -3.22. The van der Waals surface area contributed by atoms with Crippen molar-refractivity contribution in [3.8, 4) is 0 Å². The molecule has 15 atom stereocenters. The molecule has 2 aromatic rings. The molecule has 22 heteroatoms. The van der Waals surface area contributed by atoms with Gasteiger partial charge >= 0.3 is 17.9 Å². The molecule has 12 aliphatic rings. The van der Waals surface area contributed by atoms with Crippen LogP contribution in [0.2, 0.25) is 0 Å². The first-order chi connectivity index (χ1) is 40.9. The van der Waals surface area contributed by atoms with E-state index < -0.39 is 7.29 Å². The molecule has 9 fully saturated rings. The van der Waals surface area contributed by atoms with E-state index in [-0.39, 0.29) is 184 Å². The van der Waals surface area contributed by atoms with Gasteiger partial charge in [-0.2, -0.15) is 19.3 Å². The van der Waals surface area contributed by atoms with Gasteiger partial charge in [0.1, 0.15) is 17.2 Å². The van der Waals surface area contributed by atoms with E-state index in [0.29, 0.717) is 41.2 Å². The molecule has 89 heavy (non-hydrogen) atoms. The molecular formula is C67H86I3N7O8PY3-3. The van der Waals surface area contributed by atoms with Crippen molar-refractivity contribution in [1.82, 2.24) is 0 Å². The molecule has 3 N–H and O–H groups in total. The monoisotopic (exact) mass is 1800 g/mol. The fraction of sp³-hybridized carbons (Fsp3) is 0.642. The van der Waals surface area contributed by atoms with Gasteiger partial charge in [-0.1, -0.05) is 230 Å². The number of fused-ring (bicyclic) bond motifs is 12. The quantitative estimate of drug-likeness (QED) is 0.0340. The molecule has 3 saturated heterocycles. The molecule has 9 aliphatic carbocycles. The van der Waals surface area contributed by atoms with Crippen molar-refractivity contribution in [2.24, 2.45) is 83.7 Å². The molecule has 0 aromatic heterocycles. The Balaban J connectivity index is 0.000000164. The first kappa shape index (κ1) is 76.7. The molecule has 3 aliphatic heterocycles. The maximum atomic E-state index is 12.8. The van der Waals surface area contributed by atoms with Crippen LogP contribution in [0.3, 0.4) is 0 Å². The second kappa shape index (κ2) is 31.5. The Morgan fingerprint density at radius 1 is 0.551 bits per heavy atom. The number of hydrogen-bond donors (Lipinski definition) is 2. The van der Waals surface area contributed by atoms with E-state index in [0.717, 1.165) is 126 Å². The summed E-state index contributed by atoms with van der Waals surface area (Å²) in [5.41, 5.74) is 28.1. The summed E-state index contributed by atoms with van der Waals surface area (Å²) in [6.45, 7) is 13.7. The number of ether oxygens (including phenoxy) is 3. The van der Waals surface area contributed by atoms with Crippen molar-refractivity contribution in [3.63, 3.8) is 0 Å². The van der Waals surface area contributed by atoms with Crippen molar-refractivity contribution in [2.45, 2.75) is 195 Å². The summed E-state index contributed by atoms with van der Waals surface area (Å²) in [6, 6.07) is 17.7. The van der Waals surface area contributed by atoms with E-state index in [1.807, 2.05) is 12.1 Å². The molecule has 3 radical (unpaired) electrons. The van der Waals surface area contributed by atoms with Gasteiger partial charge < -0.3 is 48.9 Å². The molecule has 0 spiro atoms. The van der Waals surface area contributed by atoms with E-state index in [2.05, 4.69) is 148 Å². The third-order valence-electron chi connectivity index (χ3n) is 23.2. The number of esters is 3. The van der Waals surface area contributed by atoms with E-state index in [4.69, 9.17) is 31.0 Å². The van der Waals surface area contributed by atoms with Crippen LogP contribution in [0.15, 0.2) is 105 Å². The first-order valence-corrected chi connectivity index (χ1v) is 36.8. The van der Waals surface area contributed by atoms with Crippen molar-refractivity contribution in [3.05, 3.63) is 135 Å². The summed E-state index contributed by atoms with van der Waals surface area (Å²) in [7, 11) is -3.22. The smallest absolute Gasteiger partial charge is 0.314 e. The number of aliphatic hydroxyl groups is 1. The van der Waals surface area contributed by atoms with Crippen molar-refractivity contribution in [2.75, 3.05) is 0 Å². The Morgan fingerprint density at radius 3 is 1.29 bits per heavy atom. The van der Waals surface area contributed by atoms with Gasteiger partial charge in [0.05, 0.1) is 23.9 Å². The van der Waals surface area contributed by atoms with Gasteiger partial charge in [-0.25, -0.2) is 0 Å². The summed E-state index contributed by atoms with van der Waals surface area (Å²) in [5, 5.41) is 14.9. The molecular weight excluding hydrogens is 1710 g/mol. The molecule has 475 valence electrons. The molecule has 6 saturated carbocycles. The Bertz CT molecular complexity index is 3050. The summed E-state index contributed by atoms with van der Waals surface area (Å²) in [5.74, 6) is 3.78. The Labute approximate surface area is 644 Å². The van der Waals surface area contributed by atoms with Crippen LogP contribution in [0.1, 0.15) is 176 Å². The number of halogens is 3. The molecule has 2 aromatic carbocycles. The number of benzene rings is 2. The average Bonchev–Trinajstić information content (AvgIpc) is 1.66. The standard InChI is InChI=1S/C18H24N3O2.C18H26NO2.C18H25O3.C12H10N3OP.CHI3.3Y/c1-17-7-3-4-12(17)15-13(6-8-17)18(2)9-5-11(20-21-19)10-14(18)16(22)23-15;2*1-17-7-3-4-12(17)15-13(6-8-17)18(2)9-5-11(19)10-14(18)16(20)21-15;13-14-15-17(16,11-7-3-1-4-8-11)12-9-5-2-6-10-12;2-1(3)4;;;/h7,11,13-14H,3-6,8-10H2,1-2H3;7,11,13-14H,3-6,8-10,19H2,1-2H3;7,11,13-14,19H,3-6,8-10H2,1-2H3;1-10H;1H;;;/q3*-1;;;;;. The molecule has 0 bridgehead atoms. The zero-order valence-electron chi connectivity index (χ0n) is 52.5. The topological polar surface area (TPSA) is 240 Å². The number of carbonyl (C=O) groups is 3. The van der Waals surface area contributed by atoms with Crippen molar-refractivity contribution >= 4 is 104 Å². The van der Waals surface area contributed by atoms with Gasteiger partial charge in [0, 0.05) is 148 Å². The number of azide groups is 2. The second-order valence-electron chi connectivity index (χ2n) is 28.0. The third kappa shape index (κ3) is 15.5. The van der Waals surface area contributed by atoms with Crippen molar-refractivity contribution < 1.29 is 136 Å². The molecule has 0 amide bonds.